The van der Waals surface area contributed by atoms with E-state index in [4.69, 9.17) is 14.2 Å². The Morgan fingerprint density at radius 3 is 0.744 bits per heavy atom. The highest BCUT2D eigenvalue weighted by atomic mass is 16.6. The second-order valence-corrected chi connectivity index (χ2v) is 21.6. The maximum atomic E-state index is 12.9. The van der Waals surface area contributed by atoms with E-state index >= 15 is 0 Å². The van der Waals surface area contributed by atoms with E-state index in [2.05, 4.69) is 179 Å². The van der Waals surface area contributed by atoms with E-state index in [0.29, 0.717) is 19.3 Å². The molecule has 0 rings (SSSR count). The zero-order valence-electron chi connectivity index (χ0n) is 52.9. The Balaban J connectivity index is 4.40. The molecule has 0 bridgehead atoms. The van der Waals surface area contributed by atoms with Crippen molar-refractivity contribution < 1.29 is 28.6 Å². The molecule has 0 aliphatic rings. The minimum absolute atomic E-state index is 0.0959. The molecule has 6 heteroatoms. The first kappa shape index (κ1) is 77.0. The lowest BCUT2D eigenvalue weighted by Crippen LogP contribution is -2.30. The van der Waals surface area contributed by atoms with E-state index in [1.54, 1.807) is 0 Å². The fraction of sp³-hybridized carbons (Fsp3) is 0.618. The number of hydrogen-bond donors (Lipinski definition) is 0. The van der Waals surface area contributed by atoms with E-state index in [0.717, 1.165) is 161 Å². The average molecular weight is 1130 g/mol. The summed E-state index contributed by atoms with van der Waals surface area (Å²) in [4.78, 5) is 38.4. The summed E-state index contributed by atoms with van der Waals surface area (Å²) < 4.78 is 16.9. The first-order valence-electron chi connectivity index (χ1n) is 33.5. The van der Waals surface area contributed by atoms with Crippen molar-refractivity contribution >= 4 is 17.9 Å². The number of carbonyl (C=O) groups excluding carboxylic acids is 3. The largest absolute Gasteiger partial charge is 0.462 e. The van der Waals surface area contributed by atoms with Crippen molar-refractivity contribution in [3.63, 3.8) is 0 Å². The number of unbranched alkanes of at least 4 members (excludes halogenated alkanes) is 22. The summed E-state index contributed by atoms with van der Waals surface area (Å²) in [6.07, 6.45) is 99.6. The predicted octanol–water partition coefficient (Wildman–Crippen LogP) is 23.3. The molecular formula is C76H122O6. The molecule has 0 aliphatic carbocycles. The molecule has 0 spiro atoms. The molecule has 0 aromatic rings. The van der Waals surface area contributed by atoms with Gasteiger partial charge in [0.1, 0.15) is 13.2 Å². The molecule has 1 unspecified atom stereocenters. The van der Waals surface area contributed by atoms with Crippen molar-refractivity contribution in [3.8, 4) is 0 Å². The van der Waals surface area contributed by atoms with Crippen molar-refractivity contribution in [2.75, 3.05) is 13.2 Å². The van der Waals surface area contributed by atoms with Gasteiger partial charge in [-0.15, -0.1) is 0 Å². The number of carbonyl (C=O) groups is 3. The van der Waals surface area contributed by atoms with Crippen LogP contribution in [0.2, 0.25) is 0 Å². The van der Waals surface area contributed by atoms with Crippen LogP contribution in [0.5, 0.6) is 0 Å². The van der Waals surface area contributed by atoms with Crippen LogP contribution < -0.4 is 0 Å². The highest BCUT2D eigenvalue weighted by molar-refractivity contribution is 5.71. The highest BCUT2D eigenvalue weighted by Crippen LogP contribution is 2.15. The Kier molecular flexibility index (Phi) is 64.4. The molecule has 0 saturated heterocycles. The van der Waals surface area contributed by atoms with Crippen LogP contribution in [0.4, 0.5) is 0 Å². The molecule has 82 heavy (non-hydrogen) atoms. The van der Waals surface area contributed by atoms with Gasteiger partial charge in [0.15, 0.2) is 6.10 Å². The van der Waals surface area contributed by atoms with Crippen LogP contribution in [0.1, 0.15) is 284 Å². The lowest BCUT2D eigenvalue weighted by molar-refractivity contribution is -0.167. The summed E-state index contributed by atoms with van der Waals surface area (Å²) in [5.41, 5.74) is 0. The fourth-order valence-electron chi connectivity index (χ4n) is 8.84. The minimum Gasteiger partial charge on any atom is -0.462 e. The lowest BCUT2D eigenvalue weighted by Gasteiger charge is -2.18. The van der Waals surface area contributed by atoms with E-state index in [1.165, 1.54) is 83.5 Å². The summed E-state index contributed by atoms with van der Waals surface area (Å²) in [7, 11) is 0. The van der Waals surface area contributed by atoms with Gasteiger partial charge in [-0.1, -0.05) is 294 Å². The standard InChI is InChI=1S/C76H122O6/c1-4-7-10-13-16-19-22-25-27-29-31-33-35-36-37-38-39-40-42-43-45-47-49-51-54-57-60-63-66-69-75(78)81-72-73(71-80-74(77)68-65-62-59-56-53-24-21-18-15-12-9-6-3)82-76(79)70-67-64-61-58-55-52-50-48-46-44-41-34-32-30-28-26-23-20-17-14-11-8-5-2/h7-8,10-11,16-17,19-20,25-28,31-34,36-37,39-40,43-46,50,52,73H,4-6,9,12-15,18,21-24,29-30,35,38,41-42,47-49,51,53-72H2,1-3H3/b10-7-,11-8-,19-16-,20-17-,27-25-,28-26-,33-31-,34-32-,37-36-,40-39-,45-43-,46-44-,52-50-. The van der Waals surface area contributed by atoms with Gasteiger partial charge >= 0.3 is 17.9 Å². The monoisotopic (exact) mass is 1130 g/mol. The van der Waals surface area contributed by atoms with E-state index in [9.17, 15) is 14.4 Å². The Morgan fingerprint density at radius 2 is 0.476 bits per heavy atom. The van der Waals surface area contributed by atoms with Crippen LogP contribution in [-0.2, 0) is 28.6 Å². The molecule has 0 radical (unpaired) electrons. The molecule has 6 nitrogen and oxygen atoms in total. The normalized spacial score (nSPS) is 13.2. The quantitative estimate of drug-likeness (QED) is 0.0261. The first-order valence-corrected chi connectivity index (χ1v) is 33.5. The molecule has 0 fully saturated rings. The van der Waals surface area contributed by atoms with Gasteiger partial charge in [0.25, 0.3) is 0 Å². The minimum atomic E-state index is -0.804. The molecule has 0 N–H and O–H groups in total. The Morgan fingerprint density at radius 1 is 0.256 bits per heavy atom. The molecule has 0 heterocycles. The highest BCUT2D eigenvalue weighted by Gasteiger charge is 2.19. The third kappa shape index (κ3) is 65.8. The molecule has 0 aromatic heterocycles. The summed E-state index contributed by atoms with van der Waals surface area (Å²) >= 11 is 0. The zero-order valence-corrected chi connectivity index (χ0v) is 52.9. The van der Waals surface area contributed by atoms with Crippen LogP contribution in [0.25, 0.3) is 0 Å². The van der Waals surface area contributed by atoms with Crippen molar-refractivity contribution in [1.29, 1.82) is 0 Å². The van der Waals surface area contributed by atoms with Crippen LogP contribution in [0, 0.1) is 0 Å². The maximum absolute atomic E-state index is 12.9. The number of esters is 3. The van der Waals surface area contributed by atoms with Crippen LogP contribution >= 0.6 is 0 Å². The van der Waals surface area contributed by atoms with E-state index < -0.39 is 6.10 Å². The van der Waals surface area contributed by atoms with Gasteiger partial charge in [-0.3, -0.25) is 14.4 Å². The van der Waals surface area contributed by atoms with Gasteiger partial charge in [-0.05, 0) is 128 Å². The SMILES string of the molecule is CC/C=C\C/C=C\C/C=C\C/C=C\C/C=C\C/C=C\C/C=C\CCCCCCCCCC(=O)OCC(COC(=O)CCCCCCCCCCCCCC)OC(=O)CCCCCC/C=C\C/C=C\C/C=C\C/C=C\C/C=C\C/C=C\CC. The Labute approximate surface area is 505 Å². The van der Waals surface area contributed by atoms with Gasteiger partial charge in [0, 0.05) is 19.3 Å². The van der Waals surface area contributed by atoms with Gasteiger partial charge in [-0.2, -0.15) is 0 Å². The zero-order chi connectivity index (χ0) is 59.2. The fourth-order valence-corrected chi connectivity index (χ4v) is 8.84. The number of hydrogen-bond acceptors (Lipinski definition) is 6. The molecular weight excluding hydrogens is 1010 g/mol. The van der Waals surface area contributed by atoms with Crippen molar-refractivity contribution in [1.82, 2.24) is 0 Å². The molecule has 0 aromatic carbocycles. The number of allylic oxidation sites excluding steroid dienone is 26. The van der Waals surface area contributed by atoms with Crippen molar-refractivity contribution in [2.24, 2.45) is 0 Å². The topological polar surface area (TPSA) is 78.9 Å². The third-order valence-corrected chi connectivity index (χ3v) is 13.8. The smallest absolute Gasteiger partial charge is 0.306 e. The van der Waals surface area contributed by atoms with Crippen LogP contribution in [-0.4, -0.2) is 37.2 Å². The molecule has 462 valence electrons. The predicted molar refractivity (Wildman–Crippen MR) is 357 cm³/mol. The number of ether oxygens (including phenoxy) is 3. The second kappa shape index (κ2) is 68.5. The summed E-state index contributed by atoms with van der Waals surface area (Å²) in [5, 5.41) is 0. The van der Waals surface area contributed by atoms with Crippen molar-refractivity contribution in [2.45, 2.75) is 290 Å². The van der Waals surface area contributed by atoms with Gasteiger partial charge in [0.2, 0.25) is 0 Å². The van der Waals surface area contributed by atoms with Crippen LogP contribution in [0.3, 0.4) is 0 Å². The first-order chi connectivity index (χ1) is 40.5. The van der Waals surface area contributed by atoms with E-state index in [-0.39, 0.29) is 31.1 Å². The number of rotatable bonds is 59. The third-order valence-electron chi connectivity index (χ3n) is 13.8. The summed E-state index contributed by atoms with van der Waals surface area (Å²) in [5.74, 6) is -0.932. The van der Waals surface area contributed by atoms with Crippen molar-refractivity contribution in [3.05, 3.63) is 158 Å². The maximum Gasteiger partial charge on any atom is 0.306 e. The lowest BCUT2D eigenvalue weighted by atomic mass is 10.0. The molecule has 0 aliphatic heterocycles. The second-order valence-electron chi connectivity index (χ2n) is 21.6. The molecule has 0 saturated carbocycles. The average Bonchev–Trinajstić information content (AvgIpc) is 3.47. The van der Waals surface area contributed by atoms with E-state index in [1.807, 2.05) is 0 Å². The van der Waals surface area contributed by atoms with Gasteiger partial charge in [0.05, 0.1) is 0 Å². The summed E-state index contributed by atoms with van der Waals surface area (Å²) in [6, 6.07) is 0. The summed E-state index contributed by atoms with van der Waals surface area (Å²) in [6.45, 7) is 6.38. The van der Waals surface area contributed by atoms with Gasteiger partial charge < -0.3 is 14.2 Å². The van der Waals surface area contributed by atoms with Crippen LogP contribution in [0.15, 0.2) is 158 Å². The van der Waals surface area contributed by atoms with Gasteiger partial charge in [-0.25, -0.2) is 0 Å². The molecule has 0 amide bonds. The Bertz CT molecular complexity index is 1830. The molecule has 1 atom stereocenters. The Hall–Kier alpha value is -4.97.